The second kappa shape index (κ2) is 4.97. The molecule has 1 heterocycles. The fourth-order valence-corrected chi connectivity index (χ4v) is 1.71. The van der Waals surface area contributed by atoms with Crippen molar-refractivity contribution in [2.24, 2.45) is 0 Å². The van der Waals surface area contributed by atoms with Crippen molar-refractivity contribution in [2.45, 2.75) is 12.4 Å². The Morgan fingerprint density at radius 2 is 1.43 bits per heavy atom. The van der Waals surface area contributed by atoms with Crippen LogP contribution in [0.5, 0.6) is 0 Å². The summed E-state index contributed by atoms with van der Waals surface area (Å²) in [5.41, 5.74) is -2.93. The number of anilines is 1. The van der Waals surface area contributed by atoms with Gasteiger partial charge in [0.2, 0.25) is 0 Å². The van der Waals surface area contributed by atoms with Crippen molar-refractivity contribution in [3.05, 3.63) is 35.4 Å². The lowest BCUT2D eigenvalue weighted by Crippen LogP contribution is -2.11. The first kappa shape index (κ1) is 15.2. The molecule has 2 N–H and O–H groups in total. The fraction of sp³-hybridized carbons (Fsp3) is 0.250. The fourth-order valence-electron chi connectivity index (χ4n) is 1.71. The van der Waals surface area contributed by atoms with Crippen molar-refractivity contribution in [2.75, 3.05) is 12.4 Å². The van der Waals surface area contributed by atoms with Gasteiger partial charge < -0.3 is 5.32 Å². The first-order valence-corrected chi connectivity index (χ1v) is 5.64. The van der Waals surface area contributed by atoms with E-state index in [-0.39, 0.29) is 17.3 Å². The maximum Gasteiger partial charge on any atom is 0.416 e. The van der Waals surface area contributed by atoms with Gasteiger partial charge in [0.25, 0.3) is 0 Å². The van der Waals surface area contributed by atoms with Gasteiger partial charge >= 0.3 is 12.4 Å². The summed E-state index contributed by atoms with van der Waals surface area (Å²) in [6.07, 6.45) is -9.75. The van der Waals surface area contributed by atoms with Gasteiger partial charge in [0.1, 0.15) is 5.82 Å². The van der Waals surface area contributed by atoms with E-state index >= 15 is 0 Å². The number of aromatic amines is 1. The number of hydrogen-bond acceptors (Lipinski definition) is 2. The van der Waals surface area contributed by atoms with Crippen molar-refractivity contribution in [1.29, 1.82) is 0 Å². The lowest BCUT2D eigenvalue weighted by Gasteiger charge is -2.13. The Morgan fingerprint density at radius 1 is 0.905 bits per heavy atom. The average Bonchev–Trinajstić information content (AvgIpc) is 2.85. The highest BCUT2D eigenvalue weighted by Gasteiger charge is 2.37. The van der Waals surface area contributed by atoms with E-state index in [1.54, 1.807) is 0 Å². The summed E-state index contributed by atoms with van der Waals surface area (Å²) in [7, 11) is 1.52. The van der Waals surface area contributed by atoms with E-state index in [2.05, 4.69) is 15.5 Å². The van der Waals surface area contributed by atoms with E-state index < -0.39 is 23.5 Å². The van der Waals surface area contributed by atoms with Gasteiger partial charge in [-0.2, -0.15) is 31.4 Å². The summed E-state index contributed by atoms with van der Waals surface area (Å²) in [4.78, 5) is 0. The largest absolute Gasteiger partial charge is 0.416 e. The molecule has 0 saturated heterocycles. The van der Waals surface area contributed by atoms with E-state index in [9.17, 15) is 26.3 Å². The van der Waals surface area contributed by atoms with E-state index in [0.717, 1.165) is 0 Å². The molecule has 1 aromatic carbocycles. The van der Waals surface area contributed by atoms with Gasteiger partial charge in [-0.15, -0.1) is 0 Å². The summed E-state index contributed by atoms with van der Waals surface area (Å²) in [5, 5.41) is 8.70. The van der Waals surface area contributed by atoms with Crippen LogP contribution in [0.4, 0.5) is 32.2 Å². The summed E-state index contributed by atoms with van der Waals surface area (Å²) in [6, 6.07) is 2.68. The Morgan fingerprint density at radius 3 is 1.81 bits per heavy atom. The molecule has 0 aliphatic rings. The molecule has 0 radical (unpaired) electrons. The minimum Gasteiger partial charge on any atom is -0.372 e. The van der Waals surface area contributed by atoms with Crippen LogP contribution in [-0.4, -0.2) is 17.2 Å². The quantitative estimate of drug-likeness (QED) is 0.818. The van der Waals surface area contributed by atoms with E-state index in [1.165, 1.54) is 13.1 Å². The second-order valence-electron chi connectivity index (χ2n) is 4.21. The lowest BCUT2D eigenvalue weighted by atomic mass is 10.0. The molecule has 0 atom stereocenters. The molecule has 9 heteroatoms. The highest BCUT2D eigenvalue weighted by atomic mass is 19.4. The number of rotatable bonds is 2. The van der Waals surface area contributed by atoms with Crippen LogP contribution in [0.25, 0.3) is 11.3 Å². The van der Waals surface area contributed by atoms with Crippen molar-refractivity contribution >= 4 is 5.82 Å². The second-order valence-corrected chi connectivity index (χ2v) is 4.21. The summed E-state index contributed by atoms with van der Waals surface area (Å²) >= 11 is 0. The first-order valence-electron chi connectivity index (χ1n) is 5.64. The van der Waals surface area contributed by atoms with Gasteiger partial charge in [-0.05, 0) is 18.2 Å². The summed E-state index contributed by atoms with van der Waals surface area (Å²) in [5.74, 6) is 0.302. The van der Waals surface area contributed by atoms with Crippen LogP contribution in [0, 0.1) is 0 Å². The highest BCUT2D eigenvalue weighted by Crippen LogP contribution is 2.38. The molecule has 1 aromatic heterocycles. The van der Waals surface area contributed by atoms with Gasteiger partial charge in [0.05, 0.1) is 16.8 Å². The van der Waals surface area contributed by atoms with Crippen molar-refractivity contribution < 1.29 is 26.3 Å². The van der Waals surface area contributed by atoms with Crippen LogP contribution in [0.2, 0.25) is 0 Å². The Hall–Kier alpha value is -2.19. The molecule has 0 bridgehead atoms. The van der Waals surface area contributed by atoms with Gasteiger partial charge in [-0.3, -0.25) is 5.10 Å². The zero-order chi connectivity index (χ0) is 15.8. The molecule has 0 amide bonds. The maximum absolute atomic E-state index is 12.7. The molecule has 0 spiro atoms. The van der Waals surface area contributed by atoms with Crippen molar-refractivity contribution in [1.82, 2.24) is 10.2 Å². The number of halogens is 6. The zero-order valence-corrected chi connectivity index (χ0v) is 10.5. The van der Waals surface area contributed by atoms with Crippen LogP contribution < -0.4 is 5.32 Å². The van der Waals surface area contributed by atoms with Crippen molar-refractivity contribution in [3.8, 4) is 11.3 Å². The van der Waals surface area contributed by atoms with E-state index in [1.807, 2.05) is 0 Å². The Labute approximate surface area is 115 Å². The Kier molecular flexibility index (Phi) is 3.60. The zero-order valence-electron chi connectivity index (χ0n) is 10.5. The molecule has 2 aromatic rings. The highest BCUT2D eigenvalue weighted by molar-refractivity contribution is 5.65. The predicted molar refractivity (Wildman–Crippen MR) is 63.6 cm³/mol. The van der Waals surface area contributed by atoms with Crippen LogP contribution >= 0.6 is 0 Å². The predicted octanol–water partition coefficient (Wildman–Crippen LogP) is 4.16. The minimum atomic E-state index is -4.87. The molecule has 2 rings (SSSR count). The number of hydrogen-bond donors (Lipinski definition) is 2. The molecule has 0 saturated carbocycles. The number of H-pyrrole nitrogens is 1. The topological polar surface area (TPSA) is 40.7 Å². The smallest absolute Gasteiger partial charge is 0.372 e. The number of nitrogens with zero attached hydrogens (tertiary/aromatic N) is 1. The molecule has 3 nitrogen and oxygen atoms in total. The number of nitrogens with one attached hydrogen (secondary N) is 2. The number of aromatic nitrogens is 2. The van der Waals surface area contributed by atoms with Gasteiger partial charge in [0.15, 0.2) is 0 Å². The molecule has 0 aliphatic heterocycles. The molecule has 0 aliphatic carbocycles. The molecular formula is C12H9F6N3. The molecule has 0 fully saturated rings. The third-order valence-electron chi connectivity index (χ3n) is 2.73. The molecule has 21 heavy (non-hydrogen) atoms. The van der Waals surface area contributed by atoms with Gasteiger partial charge in [-0.1, -0.05) is 0 Å². The summed E-state index contributed by atoms with van der Waals surface area (Å²) < 4.78 is 76.3. The van der Waals surface area contributed by atoms with Crippen LogP contribution in [0.3, 0.4) is 0 Å². The minimum absolute atomic E-state index is 0.0518. The van der Waals surface area contributed by atoms with Crippen LogP contribution in [0.1, 0.15) is 11.1 Å². The third-order valence-corrected chi connectivity index (χ3v) is 2.73. The SMILES string of the molecule is CNc1cc(-c2cc(C(F)(F)F)cc(C(F)(F)F)c2)[nH]n1. The first-order chi connectivity index (χ1) is 9.61. The lowest BCUT2D eigenvalue weighted by molar-refractivity contribution is -0.143. The molecule has 0 unspecified atom stereocenters. The third kappa shape index (κ3) is 3.29. The maximum atomic E-state index is 12.7. The molecule has 114 valence electrons. The number of alkyl halides is 6. The van der Waals surface area contributed by atoms with E-state index in [0.29, 0.717) is 18.0 Å². The standard InChI is InChI=1S/C12H9F6N3/c1-19-10-5-9(20-21-10)6-2-7(11(13,14)15)4-8(3-6)12(16,17)18/h2-5H,1H3,(H2,19,20,21). The van der Waals surface area contributed by atoms with Gasteiger partial charge in [-0.25, -0.2) is 0 Å². The van der Waals surface area contributed by atoms with Crippen LogP contribution in [-0.2, 0) is 12.4 Å². The Balaban J connectivity index is 2.60. The average molecular weight is 309 g/mol. The molecular weight excluding hydrogens is 300 g/mol. The Bertz CT molecular complexity index is 609. The van der Waals surface area contributed by atoms with E-state index in [4.69, 9.17) is 0 Å². The van der Waals surface area contributed by atoms with Crippen molar-refractivity contribution in [3.63, 3.8) is 0 Å². The summed E-state index contributed by atoms with van der Waals surface area (Å²) in [6.45, 7) is 0. The monoisotopic (exact) mass is 309 g/mol. The van der Waals surface area contributed by atoms with Gasteiger partial charge in [0, 0.05) is 18.7 Å². The van der Waals surface area contributed by atoms with Crippen LogP contribution in [0.15, 0.2) is 24.3 Å². The number of benzene rings is 1. The normalized spacial score (nSPS) is 12.5.